The molecule has 3 rings (SSSR count). The number of ether oxygens (including phenoxy) is 1. The fourth-order valence-corrected chi connectivity index (χ4v) is 3.49. The summed E-state index contributed by atoms with van der Waals surface area (Å²) in [5.41, 5.74) is 3.58. The number of tetrazole rings is 1. The third kappa shape index (κ3) is 3.67. The Morgan fingerprint density at radius 2 is 1.96 bits per heavy atom. The first kappa shape index (κ1) is 18.3. The van der Waals surface area contributed by atoms with E-state index < -0.39 is 0 Å². The maximum atomic E-state index is 12.3. The molecule has 2 aromatic carbocycles. The highest BCUT2D eigenvalue weighted by atomic mass is 32.2. The first-order valence-electron chi connectivity index (χ1n) is 8.45. The summed E-state index contributed by atoms with van der Waals surface area (Å²) >= 11 is 1.72. The van der Waals surface area contributed by atoms with Crippen molar-refractivity contribution < 1.29 is 4.74 Å². The van der Waals surface area contributed by atoms with Crippen LogP contribution in [0.4, 0.5) is 0 Å². The number of nitrogens with zero attached hydrogens (tertiary/aromatic N) is 4. The van der Waals surface area contributed by atoms with Gasteiger partial charge in [-0.1, -0.05) is 25.1 Å². The molecule has 0 aliphatic heterocycles. The standard InChI is InChI=1S/C19H22N4O2S/c1-5-26-18-8-6-7-16(23-19(24)22(4)20-21-23)15(18)12-25-17-11-13(2)9-10-14(17)3/h6-11H,5,12H2,1-4H3. The lowest BCUT2D eigenvalue weighted by atomic mass is 10.1. The Bertz CT molecular complexity index is 978. The molecule has 0 fully saturated rings. The van der Waals surface area contributed by atoms with E-state index in [1.165, 1.54) is 9.36 Å². The first-order chi connectivity index (χ1) is 12.5. The largest absolute Gasteiger partial charge is 0.489 e. The van der Waals surface area contributed by atoms with Crippen molar-refractivity contribution in [3.05, 3.63) is 63.6 Å². The third-order valence-corrected chi connectivity index (χ3v) is 5.06. The Hall–Kier alpha value is -2.54. The molecular formula is C19H22N4O2S. The Kier molecular flexibility index (Phi) is 5.46. The number of aromatic nitrogens is 4. The highest BCUT2D eigenvalue weighted by molar-refractivity contribution is 7.99. The van der Waals surface area contributed by atoms with Crippen molar-refractivity contribution in [2.45, 2.75) is 32.3 Å². The van der Waals surface area contributed by atoms with Crippen LogP contribution in [0.15, 0.2) is 46.1 Å². The molecule has 0 saturated heterocycles. The summed E-state index contributed by atoms with van der Waals surface area (Å²) in [6.45, 7) is 6.51. The van der Waals surface area contributed by atoms with Gasteiger partial charge in [0, 0.05) is 17.5 Å². The molecule has 0 atom stereocenters. The summed E-state index contributed by atoms with van der Waals surface area (Å²) in [7, 11) is 1.59. The number of thioether (sulfide) groups is 1. The van der Waals surface area contributed by atoms with E-state index >= 15 is 0 Å². The van der Waals surface area contributed by atoms with Crippen LogP contribution < -0.4 is 10.4 Å². The van der Waals surface area contributed by atoms with Gasteiger partial charge in [-0.05, 0) is 59.4 Å². The molecule has 0 amide bonds. The maximum absolute atomic E-state index is 12.3. The van der Waals surface area contributed by atoms with Crippen LogP contribution in [0.5, 0.6) is 5.75 Å². The first-order valence-corrected chi connectivity index (χ1v) is 9.44. The SMILES string of the molecule is CCSc1cccc(-n2nnn(C)c2=O)c1COc1cc(C)ccc1C. The molecule has 0 aliphatic carbocycles. The van der Waals surface area contributed by atoms with Gasteiger partial charge in [-0.2, -0.15) is 9.36 Å². The molecule has 136 valence electrons. The lowest BCUT2D eigenvalue weighted by Gasteiger charge is -2.15. The minimum Gasteiger partial charge on any atom is -0.489 e. The zero-order valence-corrected chi connectivity index (χ0v) is 16.2. The van der Waals surface area contributed by atoms with Crippen molar-refractivity contribution in [3.63, 3.8) is 0 Å². The third-order valence-electron chi connectivity index (χ3n) is 4.07. The van der Waals surface area contributed by atoms with E-state index in [1.54, 1.807) is 18.8 Å². The minimum atomic E-state index is -0.281. The second-order valence-electron chi connectivity index (χ2n) is 6.04. The van der Waals surface area contributed by atoms with Crippen molar-refractivity contribution in [2.24, 2.45) is 7.05 Å². The number of aryl methyl sites for hydroxylation is 3. The fourth-order valence-electron chi connectivity index (χ4n) is 2.67. The van der Waals surface area contributed by atoms with Gasteiger partial charge in [0.05, 0.1) is 5.69 Å². The van der Waals surface area contributed by atoms with Crippen LogP contribution in [0, 0.1) is 13.8 Å². The summed E-state index contributed by atoms with van der Waals surface area (Å²) in [6.07, 6.45) is 0. The number of hydrogen-bond acceptors (Lipinski definition) is 5. The zero-order valence-electron chi connectivity index (χ0n) is 15.4. The smallest absolute Gasteiger partial charge is 0.368 e. The highest BCUT2D eigenvalue weighted by Gasteiger charge is 2.15. The number of rotatable bonds is 6. The average Bonchev–Trinajstić information content (AvgIpc) is 2.95. The molecule has 1 aromatic heterocycles. The molecule has 6 nitrogen and oxygen atoms in total. The molecule has 26 heavy (non-hydrogen) atoms. The van der Waals surface area contributed by atoms with Crippen LogP contribution in [-0.4, -0.2) is 25.5 Å². The Balaban J connectivity index is 2.02. The van der Waals surface area contributed by atoms with E-state index in [4.69, 9.17) is 4.74 Å². The molecule has 7 heteroatoms. The summed E-state index contributed by atoms with van der Waals surface area (Å²) in [5.74, 6) is 1.77. The monoisotopic (exact) mass is 370 g/mol. The van der Waals surface area contributed by atoms with Crippen LogP contribution in [0.3, 0.4) is 0 Å². The second kappa shape index (κ2) is 7.78. The van der Waals surface area contributed by atoms with Crippen LogP contribution in [0.25, 0.3) is 5.69 Å². The Morgan fingerprint density at radius 1 is 1.15 bits per heavy atom. The summed E-state index contributed by atoms with van der Waals surface area (Å²) in [6, 6.07) is 12.0. The number of benzene rings is 2. The van der Waals surface area contributed by atoms with Gasteiger partial charge < -0.3 is 4.74 Å². The average molecular weight is 370 g/mol. The van der Waals surface area contributed by atoms with Gasteiger partial charge in [0.2, 0.25) is 0 Å². The van der Waals surface area contributed by atoms with E-state index in [1.807, 2.05) is 44.2 Å². The molecule has 0 radical (unpaired) electrons. The highest BCUT2D eigenvalue weighted by Crippen LogP contribution is 2.29. The van der Waals surface area contributed by atoms with E-state index in [0.29, 0.717) is 12.3 Å². The number of hydrogen-bond donors (Lipinski definition) is 0. The van der Waals surface area contributed by atoms with Crippen molar-refractivity contribution >= 4 is 11.8 Å². The minimum absolute atomic E-state index is 0.281. The van der Waals surface area contributed by atoms with Gasteiger partial charge >= 0.3 is 5.69 Å². The van der Waals surface area contributed by atoms with E-state index in [0.717, 1.165) is 33.1 Å². The van der Waals surface area contributed by atoms with Gasteiger partial charge in [0.25, 0.3) is 0 Å². The summed E-state index contributed by atoms with van der Waals surface area (Å²) in [4.78, 5) is 13.4. The van der Waals surface area contributed by atoms with Crippen LogP contribution in [0.2, 0.25) is 0 Å². The van der Waals surface area contributed by atoms with Crippen LogP contribution in [-0.2, 0) is 13.7 Å². The maximum Gasteiger partial charge on any atom is 0.368 e. The van der Waals surface area contributed by atoms with E-state index in [2.05, 4.69) is 23.4 Å². The van der Waals surface area contributed by atoms with Crippen molar-refractivity contribution in [2.75, 3.05) is 5.75 Å². The molecule has 0 unspecified atom stereocenters. The van der Waals surface area contributed by atoms with Gasteiger partial charge in [0.1, 0.15) is 12.4 Å². The van der Waals surface area contributed by atoms with Gasteiger partial charge in [-0.15, -0.1) is 11.8 Å². The topological polar surface area (TPSA) is 61.9 Å². The van der Waals surface area contributed by atoms with Crippen molar-refractivity contribution in [1.29, 1.82) is 0 Å². The molecule has 0 spiro atoms. The lowest BCUT2D eigenvalue weighted by Crippen LogP contribution is -2.23. The normalized spacial score (nSPS) is 10.9. The molecule has 0 bridgehead atoms. The molecule has 3 aromatic rings. The Labute approximate surface area is 156 Å². The molecule has 0 aliphatic rings. The molecule has 0 saturated carbocycles. The fraction of sp³-hybridized carbons (Fsp3) is 0.316. The van der Waals surface area contributed by atoms with E-state index in [9.17, 15) is 4.79 Å². The second-order valence-corrected chi connectivity index (χ2v) is 7.35. The summed E-state index contributed by atoms with van der Waals surface area (Å²) < 4.78 is 8.65. The molecular weight excluding hydrogens is 348 g/mol. The van der Waals surface area contributed by atoms with Crippen LogP contribution in [0.1, 0.15) is 23.6 Å². The van der Waals surface area contributed by atoms with Gasteiger partial charge in [-0.25, -0.2) is 4.79 Å². The van der Waals surface area contributed by atoms with Crippen LogP contribution >= 0.6 is 11.8 Å². The lowest BCUT2D eigenvalue weighted by molar-refractivity contribution is 0.300. The predicted molar refractivity (Wildman–Crippen MR) is 103 cm³/mol. The van der Waals surface area contributed by atoms with E-state index in [-0.39, 0.29) is 5.69 Å². The van der Waals surface area contributed by atoms with Crippen molar-refractivity contribution in [3.8, 4) is 11.4 Å². The zero-order chi connectivity index (χ0) is 18.7. The Morgan fingerprint density at radius 3 is 2.65 bits per heavy atom. The summed E-state index contributed by atoms with van der Waals surface area (Å²) in [5, 5.41) is 7.81. The van der Waals surface area contributed by atoms with Gasteiger partial charge in [-0.3, -0.25) is 0 Å². The quantitative estimate of drug-likeness (QED) is 0.623. The molecule has 0 N–H and O–H groups in total. The van der Waals surface area contributed by atoms with Crippen molar-refractivity contribution in [1.82, 2.24) is 19.8 Å². The predicted octanol–water partition coefficient (Wildman–Crippen LogP) is 3.27. The van der Waals surface area contributed by atoms with Gasteiger partial charge in [0.15, 0.2) is 0 Å². The molecule has 1 heterocycles.